The second-order valence-corrected chi connectivity index (χ2v) is 5.06. The Balaban J connectivity index is 2.05. The average Bonchev–Trinajstić information content (AvgIpc) is 2.80. The van der Waals surface area contributed by atoms with Crippen LogP contribution in [0.4, 0.5) is 11.4 Å². The molecule has 1 aliphatic rings. The third-order valence-corrected chi connectivity index (χ3v) is 3.68. The molecule has 22 heavy (non-hydrogen) atoms. The van der Waals surface area contributed by atoms with Gasteiger partial charge in [0.25, 0.3) is 11.8 Å². The Labute approximate surface area is 128 Å². The molecule has 2 aromatic rings. The van der Waals surface area contributed by atoms with E-state index in [2.05, 4.69) is 0 Å². The summed E-state index contributed by atoms with van der Waals surface area (Å²) in [6.45, 7) is 1.63. The molecule has 3 rings (SSSR count). The Morgan fingerprint density at radius 2 is 1.32 bits per heavy atom. The maximum Gasteiger partial charge on any atom is 0.258 e. The van der Waals surface area contributed by atoms with E-state index in [0.29, 0.717) is 17.1 Å². The molecule has 112 valence electrons. The first-order valence-electron chi connectivity index (χ1n) is 7.00. The van der Waals surface area contributed by atoms with Crippen LogP contribution in [0.3, 0.4) is 0 Å². The van der Waals surface area contributed by atoms with Gasteiger partial charge in [-0.15, -0.1) is 0 Å². The summed E-state index contributed by atoms with van der Waals surface area (Å²) in [5, 5.41) is 2.84. The van der Waals surface area contributed by atoms with Crippen molar-refractivity contribution in [3.05, 3.63) is 54.6 Å². The van der Waals surface area contributed by atoms with Gasteiger partial charge < -0.3 is 4.74 Å². The Morgan fingerprint density at radius 1 is 0.818 bits per heavy atom. The summed E-state index contributed by atoms with van der Waals surface area (Å²) in [6.07, 6.45) is 0. The molecular formula is C17H16N2O3. The highest BCUT2D eigenvalue weighted by Crippen LogP contribution is 2.32. The van der Waals surface area contributed by atoms with E-state index in [9.17, 15) is 9.59 Å². The molecule has 5 nitrogen and oxygen atoms in total. The van der Waals surface area contributed by atoms with Gasteiger partial charge in [-0.2, -0.15) is 0 Å². The number of ether oxygens (including phenoxy) is 1. The predicted molar refractivity (Wildman–Crippen MR) is 83.6 cm³/mol. The standard InChI is InChI=1S/C17H16N2O3/c1-12-16(20)18(13-6-4-3-5-7-13)19(17(12)21)14-8-10-15(22-2)11-9-14/h3-12H,1-2H3. The molecule has 2 aromatic carbocycles. The number of hydrogen-bond donors (Lipinski definition) is 0. The lowest BCUT2D eigenvalue weighted by molar-refractivity contribution is -0.126. The zero-order valence-corrected chi connectivity index (χ0v) is 12.4. The highest BCUT2D eigenvalue weighted by molar-refractivity contribution is 6.22. The van der Waals surface area contributed by atoms with Crippen molar-refractivity contribution < 1.29 is 14.3 Å². The number of para-hydroxylation sites is 1. The van der Waals surface area contributed by atoms with Gasteiger partial charge in [0.15, 0.2) is 0 Å². The molecule has 2 amide bonds. The molecule has 0 aromatic heterocycles. The largest absolute Gasteiger partial charge is 0.497 e. The SMILES string of the molecule is COc1ccc(N2C(=O)C(C)C(=O)N2c2ccccc2)cc1. The highest BCUT2D eigenvalue weighted by atomic mass is 16.5. The number of anilines is 2. The smallest absolute Gasteiger partial charge is 0.258 e. The molecule has 0 bridgehead atoms. The van der Waals surface area contributed by atoms with Gasteiger partial charge in [-0.1, -0.05) is 18.2 Å². The topological polar surface area (TPSA) is 49.9 Å². The van der Waals surface area contributed by atoms with Gasteiger partial charge in [0.2, 0.25) is 0 Å². The number of nitrogens with zero attached hydrogens (tertiary/aromatic N) is 2. The Hall–Kier alpha value is -2.82. The molecule has 0 aliphatic carbocycles. The van der Waals surface area contributed by atoms with Crippen molar-refractivity contribution in [2.24, 2.45) is 5.92 Å². The van der Waals surface area contributed by atoms with Crippen molar-refractivity contribution in [1.29, 1.82) is 0 Å². The number of amides is 2. The van der Waals surface area contributed by atoms with Gasteiger partial charge >= 0.3 is 0 Å². The lowest BCUT2D eigenvalue weighted by atomic mass is 10.1. The summed E-state index contributed by atoms with van der Waals surface area (Å²) in [7, 11) is 1.58. The Morgan fingerprint density at radius 3 is 1.82 bits per heavy atom. The third-order valence-electron chi connectivity index (χ3n) is 3.68. The van der Waals surface area contributed by atoms with Crippen molar-refractivity contribution in [3.8, 4) is 5.75 Å². The van der Waals surface area contributed by atoms with Gasteiger partial charge in [0.1, 0.15) is 11.7 Å². The van der Waals surface area contributed by atoms with E-state index < -0.39 is 5.92 Å². The van der Waals surface area contributed by atoms with Gasteiger partial charge in [0.05, 0.1) is 18.5 Å². The molecule has 5 heteroatoms. The molecule has 1 saturated heterocycles. The predicted octanol–water partition coefficient (Wildman–Crippen LogP) is 2.63. The van der Waals surface area contributed by atoms with Crippen LogP contribution in [0.5, 0.6) is 5.75 Å². The maximum atomic E-state index is 12.5. The van der Waals surface area contributed by atoms with E-state index in [1.807, 2.05) is 18.2 Å². The van der Waals surface area contributed by atoms with Crippen LogP contribution in [0.15, 0.2) is 54.6 Å². The summed E-state index contributed by atoms with van der Waals surface area (Å²) in [6, 6.07) is 16.2. The van der Waals surface area contributed by atoms with Gasteiger partial charge in [0, 0.05) is 0 Å². The van der Waals surface area contributed by atoms with E-state index in [-0.39, 0.29) is 11.8 Å². The van der Waals surface area contributed by atoms with Crippen molar-refractivity contribution in [2.45, 2.75) is 6.92 Å². The molecular weight excluding hydrogens is 280 g/mol. The van der Waals surface area contributed by atoms with E-state index >= 15 is 0 Å². The van der Waals surface area contributed by atoms with Gasteiger partial charge in [-0.05, 0) is 43.3 Å². The van der Waals surface area contributed by atoms with Crippen molar-refractivity contribution >= 4 is 23.2 Å². The molecule has 1 heterocycles. The van der Waals surface area contributed by atoms with Crippen LogP contribution in [0.1, 0.15) is 6.92 Å². The van der Waals surface area contributed by atoms with Crippen LogP contribution in [0.2, 0.25) is 0 Å². The van der Waals surface area contributed by atoms with Crippen molar-refractivity contribution in [1.82, 2.24) is 0 Å². The molecule has 0 saturated carbocycles. The molecule has 0 radical (unpaired) electrons. The zero-order valence-electron chi connectivity index (χ0n) is 12.4. The average molecular weight is 296 g/mol. The summed E-state index contributed by atoms with van der Waals surface area (Å²) in [5.74, 6) is -0.464. The van der Waals surface area contributed by atoms with Crippen molar-refractivity contribution in [2.75, 3.05) is 17.1 Å². The van der Waals surface area contributed by atoms with Crippen LogP contribution in [0.25, 0.3) is 0 Å². The van der Waals surface area contributed by atoms with E-state index in [4.69, 9.17) is 4.74 Å². The molecule has 0 N–H and O–H groups in total. The fourth-order valence-electron chi connectivity index (χ4n) is 2.45. The minimum absolute atomic E-state index is 0.230. The van der Waals surface area contributed by atoms with Crippen LogP contribution in [0, 0.1) is 5.92 Å². The van der Waals surface area contributed by atoms with Gasteiger partial charge in [-0.3, -0.25) is 9.59 Å². The lowest BCUT2D eigenvalue weighted by Gasteiger charge is -2.27. The normalized spacial score (nSPS) is 18.0. The number of carbonyl (C=O) groups excluding carboxylic acids is 2. The first-order valence-corrected chi connectivity index (χ1v) is 7.00. The maximum absolute atomic E-state index is 12.5. The second-order valence-electron chi connectivity index (χ2n) is 5.06. The summed E-state index contributed by atoms with van der Waals surface area (Å²) >= 11 is 0. The number of rotatable bonds is 3. The number of methoxy groups -OCH3 is 1. The van der Waals surface area contributed by atoms with Crippen LogP contribution in [-0.4, -0.2) is 18.9 Å². The Kier molecular flexibility index (Phi) is 3.55. The molecule has 0 spiro atoms. The van der Waals surface area contributed by atoms with Crippen LogP contribution in [-0.2, 0) is 9.59 Å². The number of hydrogen-bond acceptors (Lipinski definition) is 3. The first kappa shape index (κ1) is 14.1. The quantitative estimate of drug-likeness (QED) is 0.818. The molecule has 1 aliphatic heterocycles. The van der Waals surface area contributed by atoms with Gasteiger partial charge in [-0.25, -0.2) is 10.0 Å². The van der Waals surface area contributed by atoms with E-state index in [1.165, 1.54) is 10.0 Å². The number of hydrazine groups is 1. The second kappa shape index (κ2) is 5.52. The molecule has 1 fully saturated rings. The Bertz CT molecular complexity index is 698. The number of benzene rings is 2. The third kappa shape index (κ3) is 2.20. The van der Waals surface area contributed by atoms with E-state index in [1.54, 1.807) is 50.4 Å². The summed E-state index contributed by atoms with van der Waals surface area (Å²) in [5.41, 5.74) is 1.30. The monoisotopic (exact) mass is 296 g/mol. The zero-order chi connectivity index (χ0) is 15.7. The summed E-state index contributed by atoms with van der Waals surface area (Å²) < 4.78 is 5.13. The molecule has 1 unspecified atom stereocenters. The first-order chi connectivity index (χ1) is 10.6. The highest BCUT2D eigenvalue weighted by Gasteiger charge is 2.44. The number of carbonyl (C=O) groups is 2. The fourth-order valence-corrected chi connectivity index (χ4v) is 2.45. The summed E-state index contributed by atoms with van der Waals surface area (Å²) in [4.78, 5) is 24.9. The van der Waals surface area contributed by atoms with Crippen LogP contribution >= 0.6 is 0 Å². The lowest BCUT2D eigenvalue weighted by Crippen LogP contribution is -2.41. The molecule has 1 atom stereocenters. The van der Waals surface area contributed by atoms with E-state index in [0.717, 1.165) is 0 Å². The van der Waals surface area contributed by atoms with Crippen LogP contribution < -0.4 is 14.8 Å². The van der Waals surface area contributed by atoms with Crippen molar-refractivity contribution in [3.63, 3.8) is 0 Å². The minimum atomic E-state index is -0.692. The minimum Gasteiger partial charge on any atom is -0.497 e. The fraction of sp³-hybridized carbons (Fsp3) is 0.176.